The van der Waals surface area contributed by atoms with Crippen LogP contribution < -0.4 is 15.8 Å². The summed E-state index contributed by atoms with van der Waals surface area (Å²) in [5, 5.41) is 2.61. The molecule has 3 N–H and O–H groups in total. The molecule has 3 rings (SSSR count). The van der Waals surface area contributed by atoms with Gasteiger partial charge in [0.05, 0.1) is 17.9 Å². The summed E-state index contributed by atoms with van der Waals surface area (Å²) in [5.74, 6) is 0.122. The Morgan fingerprint density at radius 3 is 2.92 bits per heavy atom. The molecule has 1 aromatic rings. The number of sulfonamides is 1. The van der Waals surface area contributed by atoms with Crippen LogP contribution in [0.15, 0.2) is 35.1 Å². The van der Waals surface area contributed by atoms with Crippen LogP contribution in [0, 0.1) is 11.3 Å². The summed E-state index contributed by atoms with van der Waals surface area (Å²) in [7, 11) is -2.18. The maximum absolute atomic E-state index is 12.8. The highest BCUT2D eigenvalue weighted by Gasteiger charge is 2.66. The predicted octanol–water partition coefficient (Wildman–Crippen LogP) is 0.0291. The third-order valence-electron chi connectivity index (χ3n) is 4.96. The third kappa shape index (κ3) is 3.19. The second-order valence-electron chi connectivity index (χ2n) is 6.53. The number of hydrogen-bond acceptors (Lipinski definition) is 6. The first-order valence-corrected chi connectivity index (χ1v) is 9.61. The second-order valence-corrected chi connectivity index (χ2v) is 8.46. The van der Waals surface area contributed by atoms with Gasteiger partial charge >= 0.3 is 0 Å². The Hall–Kier alpha value is -2.04. The lowest BCUT2D eigenvalue weighted by Gasteiger charge is -2.20. The van der Waals surface area contributed by atoms with Crippen molar-refractivity contribution < 1.29 is 22.3 Å². The number of ether oxygens (including phenoxy) is 1. The van der Waals surface area contributed by atoms with E-state index in [1.807, 2.05) is 0 Å². The fourth-order valence-corrected chi connectivity index (χ4v) is 4.78. The maximum Gasteiger partial charge on any atom is 0.244 e. The van der Waals surface area contributed by atoms with Gasteiger partial charge in [0.2, 0.25) is 21.8 Å². The lowest BCUT2D eigenvalue weighted by Crippen LogP contribution is -2.37. The number of amides is 1. The summed E-state index contributed by atoms with van der Waals surface area (Å²) < 4.78 is 44.6. The van der Waals surface area contributed by atoms with E-state index in [1.54, 1.807) is 7.05 Å². The van der Waals surface area contributed by atoms with Gasteiger partial charge in [-0.15, -0.1) is 0 Å². The van der Waals surface area contributed by atoms with Gasteiger partial charge in [-0.1, -0.05) is 0 Å². The molecule has 2 fully saturated rings. The van der Waals surface area contributed by atoms with Crippen LogP contribution in [0.1, 0.15) is 6.42 Å². The van der Waals surface area contributed by atoms with Crippen molar-refractivity contribution >= 4 is 15.9 Å². The van der Waals surface area contributed by atoms with E-state index in [2.05, 4.69) is 10.3 Å². The van der Waals surface area contributed by atoms with E-state index in [4.69, 9.17) is 10.5 Å². The topological polar surface area (TPSA) is 115 Å². The second kappa shape index (κ2) is 6.93. The summed E-state index contributed by atoms with van der Waals surface area (Å²) in [4.78, 5) is 16.0. The molecule has 8 nitrogen and oxygen atoms in total. The molecule has 0 unspecified atom stereocenters. The number of rotatable bonds is 7. The molecule has 1 aliphatic carbocycles. The minimum atomic E-state index is -3.73. The average molecular weight is 384 g/mol. The number of fused-ring (bicyclic) bond motifs is 1. The van der Waals surface area contributed by atoms with Crippen molar-refractivity contribution in [2.24, 2.45) is 17.1 Å². The normalized spacial score (nSPS) is 25.7. The first-order valence-electron chi connectivity index (χ1n) is 8.17. The van der Waals surface area contributed by atoms with E-state index in [0.29, 0.717) is 12.9 Å². The standard InChI is InChI=1S/C16H21FN4O4S/c1-19-15(22)16-4-12(16)8-21(10-16)26(23,24)13-2-3-14(20-7-13)25-9-11(5-17)6-18/h2-3,5,7,12H,4,6,8-10,18H2,1H3,(H,19,22)/b11-5+/t12-,16-/m1/s1. The van der Waals surface area contributed by atoms with Gasteiger partial charge in [-0.2, -0.15) is 4.31 Å². The van der Waals surface area contributed by atoms with Crippen molar-refractivity contribution in [3.05, 3.63) is 30.2 Å². The minimum Gasteiger partial charge on any atom is -0.473 e. The highest BCUT2D eigenvalue weighted by molar-refractivity contribution is 7.89. The van der Waals surface area contributed by atoms with Crippen molar-refractivity contribution in [3.8, 4) is 5.88 Å². The molecular formula is C16H21FN4O4S. The molecule has 26 heavy (non-hydrogen) atoms. The van der Waals surface area contributed by atoms with Crippen LogP contribution in [-0.4, -0.2) is 56.9 Å². The van der Waals surface area contributed by atoms with Gasteiger partial charge in [0, 0.05) is 38.3 Å². The maximum atomic E-state index is 12.8. The SMILES string of the molecule is CNC(=O)[C@@]12C[C@@H]1CN(S(=O)(=O)c1ccc(OC/C(=C/F)CN)nc1)C2. The molecule has 142 valence electrons. The molecule has 1 amide bonds. The van der Waals surface area contributed by atoms with Crippen molar-refractivity contribution in [3.63, 3.8) is 0 Å². The first-order chi connectivity index (χ1) is 12.4. The van der Waals surface area contributed by atoms with E-state index < -0.39 is 15.4 Å². The lowest BCUT2D eigenvalue weighted by molar-refractivity contribution is -0.125. The van der Waals surface area contributed by atoms with Gasteiger partial charge in [-0.25, -0.2) is 17.8 Å². The number of hydrogen-bond donors (Lipinski definition) is 2. The molecular weight excluding hydrogens is 363 g/mol. The number of carbonyl (C=O) groups excluding carboxylic acids is 1. The molecule has 1 aliphatic heterocycles. The number of halogens is 1. The number of nitrogens with two attached hydrogens (primary N) is 1. The Balaban J connectivity index is 1.68. The van der Waals surface area contributed by atoms with E-state index in [1.165, 1.54) is 22.6 Å². The molecule has 0 aromatic carbocycles. The average Bonchev–Trinajstić information content (AvgIpc) is 3.23. The molecule has 2 aliphatic rings. The Bertz CT molecular complexity index is 827. The highest BCUT2D eigenvalue weighted by atomic mass is 32.2. The van der Waals surface area contributed by atoms with E-state index in [-0.39, 0.29) is 47.9 Å². The summed E-state index contributed by atoms with van der Waals surface area (Å²) in [5.41, 5.74) is 5.01. The Morgan fingerprint density at radius 1 is 1.58 bits per heavy atom. The summed E-state index contributed by atoms with van der Waals surface area (Å²) in [6.07, 6.45) is 2.29. The van der Waals surface area contributed by atoms with Gasteiger partial charge in [0.25, 0.3) is 0 Å². The largest absolute Gasteiger partial charge is 0.473 e. The molecule has 0 spiro atoms. The van der Waals surface area contributed by atoms with Crippen LogP contribution >= 0.6 is 0 Å². The molecule has 10 heteroatoms. The van der Waals surface area contributed by atoms with Crippen molar-refractivity contribution in [1.82, 2.24) is 14.6 Å². The van der Waals surface area contributed by atoms with Crippen LogP contribution in [-0.2, 0) is 14.8 Å². The number of piperidine rings is 1. The smallest absolute Gasteiger partial charge is 0.244 e. The van der Waals surface area contributed by atoms with Crippen molar-refractivity contribution in [2.45, 2.75) is 11.3 Å². The Labute approximate surface area is 151 Å². The number of pyridine rings is 1. The molecule has 2 heterocycles. The molecule has 2 atom stereocenters. The Kier molecular flexibility index (Phi) is 5.00. The fraction of sp³-hybridized carbons (Fsp3) is 0.500. The van der Waals surface area contributed by atoms with Crippen LogP contribution in [0.5, 0.6) is 5.88 Å². The molecule has 1 saturated heterocycles. The van der Waals surface area contributed by atoms with Gasteiger partial charge in [-0.3, -0.25) is 4.79 Å². The zero-order valence-electron chi connectivity index (χ0n) is 14.3. The zero-order valence-corrected chi connectivity index (χ0v) is 15.1. The highest BCUT2D eigenvalue weighted by Crippen LogP contribution is 2.58. The van der Waals surface area contributed by atoms with Crippen LogP contribution in [0.2, 0.25) is 0 Å². The van der Waals surface area contributed by atoms with Gasteiger partial charge in [-0.05, 0) is 18.4 Å². The lowest BCUT2D eigenvalue weighted by atomic mass is 10.1. The van der Waals surface area contributed by atoms with Crippen LogP contribution in [0.3, 0.4) is 0 Å². The van der Waals surface area contributed by atoms with Crippen LogP contribution in [0.25, 0.3) is 0 Å². The van der Waals surface area contributed by atoms with Crippen LogP contribution in [0.4, 0.5) is 4.39 Å². The summed E-state index contributed by atoms with van der Waals surface area (Å²) in [6, 6.07) is 2.79. The van der Waals surface area contributed by atoms with E-state index in [0.717, 1.165) is 6.42 Å². The monoisotopic (exact) mass is 384 g/mol. The van der Waals surface area contributed by atoms with E-state index >= 15 is 0 Å². The molecule has 0 radical (unpaired) electrons. The van der Waals surface area contributed by atoms with Gasteiger partial charge in [0.1, 0.15) is 11.5 Å². The van der Waals surface area contributed by atoms with Gasteiger partial charge < -0.3 is 15.8 Å². The molecule has 1 saturated carbocycles. The van der Waals surface area contributed by atoms with Crippen molar-refractivity contribution in [1.29, 1.82) is 0 Å². The number of nitrogens with one attached hydrogen (secondary N) is 1. The summed E-state index contributed by atoms with van der Waals surface area (Å²) >= 11 is 0. The minimum absolute atomic E-state index is 0.0200. The zero-order chi connectivity index (χ0) is 18.9. The third-order valence-corrected chi connectivity index (χ3v) is 6.76. The van der Waals surface area contributed by atoms with E-state index in [9.17, 15) is 17.6 Å². The quantitative estimate of drug-likeness (QED) is 0.685. The number of nitrogens with zero attached hydrogens (tertiary/aromatic N) is 2. The van der Waals surface area contributed by atoms with Crippen molar-refractivity contribution in [2.75, 3.05) is 33.3 Å². The number of aromatic nitrogens is 1. The predicted molar refractivity (Wildman–Crippen MR) is 91.3 cm³/mol. The molecule has 1 aromatic heterocycles. The number of carbonyl (C=O) groups is 1. The fourth-order valence-electron chi connectivity index (χ4n) is 3.28. The Morgan fingerprint density at radius 2 is 2.35 bits per heavy atom. The molecule has 0 bridgehead atoms. The first kappa shape index (κ1) is 18.7. The van der Waals surface area contributed by atoms with Gasteiger partial charge in [0.15, 0.2) is 0 Å². The summed E-state index contributed by atoms with van der Waals surface area (Å²) in [6.45, 7) is 0.467.